The number of benzene rings is 1. The molecule has 1 aromatic rings. The van der Waals surface area contributed by atoms with Gasteiger partial charge >= 0.3 is 5.51 Å². The molecule has 0 aliphatic carbocycles. The molecular formula is C17H21F3N2O4S. The van der Waals surface area contributed by atoms with E-state index < -0.39 is 23.4 Å². The molecule has 2 N–H and O–H groups in total. The first kappa shape index (κ1) is 21.4. The Morgan fingerprint density at radius 1 is 1.41 bits per heavy atom. The van der Waals surface area contributed by atoms with Crippen LogP contribution in [0.3, 0.4) is 0 Å². The number of carbonyl (C=O) groups excluding carboxylic acids is 2. The molecule has 1 aromatic carbocycles. The van der Waals surface area contributed by atoms with E-state index in [0.717, 1.165) is 6.07 Å². The maximum Gasteiger partial charge on any atom is 0.446 e. The van der Waals surface area contributed by atoms with Gasteiger partial charge in [-0.3, -0.25) is 14.8 Å². The zero-order valence-electron chi connectivity index (χ0n) is 14.9. The Labute approximate surface area is 159 Å². The topological polar surface area (TPSA) is 78.9 Å². The van der Waals surface area contributed by atoms with Crippen LogP contribution in [0.4, 0.5) is 13.2 Å². The summed E-state index contributed by atoms with van der Waals surface area (Å²) in [5.41, 5.74) is -2.45. The molecule has 1 atom stereocenters. The zero-order valence-corrected chi connectivity index (χ0v) is 15.7. The van der Waals surface area contributed by atoms with Gasteiger partial charge in [-0.15, -0.1) is 0 Å². The third-order valence-corrected chi connectivity index (χ3v) is 5.01. The number of methoxy groups -OCH3 is 1. The van der Waals surface area contributed by atoms with Crippen molar-refractivity contribution in [2.75, 3.05) is 13.7 Å². The highest BCUT2D eigenvalue weighted by Crippen LogP contribution is 2.44. The van der Waals surface area contributed by atoms with E-state index in [1.165, 1.54) is 23.6 Å². The lowest BCUT2D eigenvalue weighted by molar-refractivity contribution is -0.133. The Kier molecular flexibility index (Phi) is 6.99. The van der Waals surface area contributed by atoms with Gasteiger partial charge in [0.25, 0.3) is 11.8 Å². The smallest absolute Gasteiger partial charge is 0.446 e. The second-order valence-corrected chi connectivity index (χ2v) is 7.20. The second-order valence-electron chi connectivity index (χ2n) is 6.10. The van der Waals surface area contributed by atoms with Crippen LogP contribution >= 0.6 is 11.8 Å². The Balaban J connectivity index is 2.45. The van der Waals surface area contributed by atoms with Gasteiger partial charge in [0.2, 0.25) is 0 Å². The van der Waals surface area contributed by atoms with Crippen LogP contribution in [0, 0.1) is 0 Å². The van der Waals surface area contributed by atoms with Crippen molar-refractivity contribution < 1.29 is 32.7 Å². The monoisotopic (exact) mass is 406 g/mol. The molecule has 0 aromatic heterocycles. The minimum absolute atomic E-state index is 0.0589. The number of rotatable bonds is 6. The molecule has 27 heavy (non-hydrogen) atoms. The average Bonchev–Trinajstić information content (AvgIpc) is 3.08. The van der Waals surface area contributed by atoms with Crippen molar-refractivity contribution in [2.24, 2.45) is 0 Å². The highest BCUT2D eigenvalue weighted by Gasteiger charge is 2.36. The molecule has 0 bridgehead atoms. The van der Waals surface area contributed by atoms with E-state index in [1.807, 2.05) is 6.92 Å². The van der Waals surface area contributed by atoms with Crippen LogP contribution in [0.5, 0.6) is 5.75 Å². The van der Waals surface area contributed by atoms with Gasteiger partial charge in [-0.1, -0.05) is 13.3 Å². The van der Waals surface area contributed by atoms with Crippen molar-refractivity contribution in [3.8, 4) is 5.75 Å². The SMILES string of the molecule is CCCc1cc(C(=O)N2CCC[C@@H]2C(=O)NO)cc(SC(F)(F)F)c1OC. The molecule has 1 aliphatic heterocycles. The number of aryl methyl sites for hydroxylation is 1. The molecule has 2 rings (SSSR count). The number of hydrogen-bond donors (Lipinski definition) is 2. The number of ether oxygens (including phenoxy) is 1. The summed E-state index contributed by atoms with van der Waals surface area (Å²) in [6.07, 6.45) is 2.03. The largest absolute Gasteiger partial charge is 0.495 e. The van der Waals surface area contributed by atoms with E-state index in [0.29, 0.717) is 31.2 Å². The molecule has 1 aliphatic rings. The second kappa shape index (κ2) is 8.83. The van der Waals surface area contributed by atoms with Gasteiger partial charge in [-0.05, 0) is 48.7 Å². The summed E-state index contributed by atoms with van der Waals surface area (Å²) >= 11 is -0.337. The number of hydrogen-bond acceptors (Lipinski definition) is 5. The van der Waals surface area contributed by atoms with Crippen LogP contribution < -0.4 is 10.2 Å². The van der Waals surface area contributed by atoms with Crippen LogP contribution in [0.25, 0.3) is 0 Å². The number of amides is 2. The van der Waals surface area contributed by atoms with Crippen molar-refractivity contribution in [3.63, 3.8) is 0 Å². The summed E-state index contributed by atoms with van der Waals surface area (Å²) in [6, 6.07) is 1.81. The Hall–Kier alpha value is -1.94. The first-order valence-corrected chi connectivity index (χ1v) is 9.25. The minimum atomic E-state index is -4.54. The maximum absolute atomic E-state index is 13.0. The molecule has 0 spiro atoms. The third kappa shape index (κ3) is 5.07. The van der Waals surface area contributed by atoms with Crippen molar-refractivity contribution >= 4 is 23.6 Å². The normalized spacial score (nSPS) is 17.1. The number of carbonyl (C=O) groups is 2. The predicted molar refractivity (Wildman–Crippen MR) is 92.9 cm³/mol. The summed E-state index contributed by atoms with van der Waals surface area (Å²) < 4.78 is 44.0. The summed E-state index contributed by atoms with van der Waals surface area (Å²) in [4.78, 5) is 25.7. The van der Waals surface area contributed by atoms with Crippen LogP contribution in [-0.2, 0) is 11.2 Å². The lowest BCUT2D eigenvalue weighted by Gasteiger charge is -2.24. The summed E-state index contributed by atoms with van der Waals surface area (Å²) in [5, 5.41) is 8.84. The van der Waals surface area contributed by atoms with Crippen molar-refractivity contribution in [1.29, 1.82) is 0 Å². The zero-order chi connectivity index (χ0) is 20.2. The lowest BCUT2D eigenvalue weighted by Crippen LogP contribution is -2.45. The van der Waals surface area contributed by atoms with E-state index in [2.05, 4.69) is 0 Å². The number of nitrogens with zero attached hydrogens (tertiary/aromatic N) is 1. The van der Waals surface area contributed by atoms with Gasteiger partial charge in [0.1, 0.15) is 11.8 Å². The van der Waals surface area contributed by atoms with Gasteiger partial charge in [-0.2, -0.15) is 13.2 Å². The number of alkyl halides is 3. The van der Waals surface area contributed by atoms with E-state index in [4.69, 9.17) is 9.94 Å². The standard InChI is InChI=1S/C17H21F3N2O4S/c1-3-5-10-8-11(9-13(14(10)26-2)27-17(18,19)20)16(24)22-7-4-6-12(22)15(23)21-25/h8-9,12,25H,3-7H2,1-2H3,(H,21,23)/t12-/m1/s1. The number of thioether (sulfide) groups is 1. The van der Waals surface area contributed by atoms with Crippen molar-refractivity contribution in [3.05, 3.63) is 23.3 Å². The fourth-order valence-corrected chi connectivity index (χ4v) is 3.94. The molecule has 1 heterocycles. The van der Waals surface area contributed by atoms with Crippen LogP contribution in [0.1, 0.15) is 42.1 Å². The summed E-state index contributed by atoms with van der Waals surface area (Å²) in [7, 11) is 1.29. The molecule has 1 saturated heterocycles. The average molecular weight is 406 g/mol. The first-order chi connectivity index (χ1) is 12.7. The Morgan fingerprint density at radius 3 is 2.67 bits per heavy atom. The fourth-order valence-electron chi connectivity index (χ4n) is 3.19. The number of nitrogens with one attached hydrogen (secondary N) is 1. The quantitative estimate of drug-likeness (QED) is 0.430. The van der Waals surface area contributed by atoms with Crippen molar-refractivity contribution in [2.45, 2.75) is 49.1 Å². The number of hydroxylamine groups is 1. The Bertz CT molecular complexity index is 712. The van der Waals surface area contributed by atoms with Gasteiger partial charge in [-0.25, -0.2) is 5.48 Å². The molecule has 6 nitrogen and oxygen atoms in total. The van der Waals surface area contributed by atoms with Gasteiger partial charge in [0.15, 0.2) is 0 Å². The van der Waals surface area contributed by atoms with Crippen molar-refractivity contribution in [1.82, 2.24) is 10.4 Å². The fraction of sp³-hybridized carbons (Fsp3) is 0.529. The molecule has 10 heteroatoms. The molecule has 0 radical (unpaired) electrons. The molecule has 0 saturated carbocycles. The summed E-state index contributed by atoms with van der Waals surface area (Å²) in [5.74, 6) is -1.17. The van der Waals surface area contributed by atoms with E-state index in [-0.39, 0.29) is 34.5 Å². The van der Waals surface area contributed by atoms with Gasteiger partial charge in [0.05, 0.1) is 12.0 Å². The number of halogens is 3. The molecular weight excluding hydrogens is 385 g/mol. The molecule has 150 valence electrons. The maximum atomic E-state index is 13.0. The predicted octanol–water partition coefficient (Wildman–Crippen LogP) is 3.37. The van der Waals surface area contributed by atoms with E-state index in [1.54, 1.807) is 0 Å². The lowest BCUT2D eigenvalue weighted by atomic mass is 10.0. The van der Waals surface area contributed by atoms with Crippen LogP contribution in [-0.4, -0.2) is 47.1 Å². The highest BCUT2D eigenvalue weighted by molar-refractivity contribution is 8.00. The number of likely N-dealkylation sites (tertiary alicyclic amines) is 1. The first-order valence-electron chi connectivity index (χ1n) is 8.43. The van der Waals surface area contributed by atoms with Gasteiger partial charge < -0.3 is 9.64 Å². The molecule has 2 amide bonds. The third-order valence-electron chi connectivity index (χ3n) is 4.25. The molecule has 0 unspecified atom stereocenters. The van der Waals surface area contributed by atoms with E-state index >= 15 is 0 Å². The highest BCUT2D eigenvalue weighted by atomic mass is 32.2. The molecule has 1 fully saturated rings. The van der Waals surface area contributed by atoms with Crippen LogP contribution in [0.2, 0.25) is 0 Å². The van der Waals surface area contributed by atoms with Crippen LogP contribution in [0.15, 0.2) is 17.0 Å². The Morgan fingerprint density at radius 2 is 2.11 bits per heavy atom. The summed E-state index contributed by atoms with van der Waals surface area (Å²) in [6.45, 7) is 2.15. The minimum Gasteiger partial charge on any atom is -0.495 e. The van der Waals surface area contributed by atoms with E-state index in [9.17, 15) is 22.8 Å². The van der Waals surface area contributed by atoms with Gasteiger partial charge in [0, 0.05) is 12.1 Å².